The van der Waals surface area contributed by atoms with Crippen molar-refractivity contribution in [1.82, 2.24) is 14.7 Å². The van der Waals surface area contributed by atoms with Gasteiger partial charge in [0.05, 0.1) is 23.9 Å². The number of fused-ring (bicyclic) bond motifs is 1. The van der Waals surface area contributed by atoms with E-state index in [-0.39, 0.29) is 6.42 Å². The van der Waals surface area contributed by atoms with E-state index < -0.39 is 5.97 Å². The molecule has 1 unspecified atom stereocenters. The molecule has 2 aliphatic heterocycles. The lowest BCUT2D eigenvalue weighted by molar-refractivity contribution is -0.136. The van der Waals surface area contributed by atoms with Crippen molar-refractivity contribution in [3.8, 4) is 0 Å². The van der Waals surface area contributed by atoms with Crippen LogP contribution in [0.5, 0.6) is 0 Å². The van der Waals surface area contributed by atoms with Crippen LogP contribution in [0.3, 0.4) is 0 Å². The van der Waals surface area contributed by atoms with Crippen molar-refractivity contribution in [1.29, 1.82) is 0 Å². The molecule has 122 valence electrons. The molecule has 1 aromatic rings. The Bertz CT molecular complexity index is 509. The zero-order valence-electron chi connectivity index (χ0n) is 13.0. The lowest BCUT2D eigenvalue weighted by Crippen LogP contribution is -2.35. The summed E-state index contributed by atoms with van der Waals surface area (Å²) >= 11 is 0. The average molecular weight is 307 g/mol. The van der Waals surface area contributed by atoms with Crippen molar-refractivity contribution in [2.75, 3.05) is 19.7 Å². The molecule has 0 saturated carbocycles. The van der Waals surface area contributed by atoms with Crippen LogP contribution in [-0.2, 0) is 29.0 Å². The first kappa shape index (κ1) is 15.5. The molecule has 0 aromatic carbocycles. The van der Waals surface area contributed by atoms with E-state index >= 15 is 0 Å². The Morgan fingerprint density at radius 3 is 3.05 bits per heavy atom. The molecule has 3 heterocycles. The Morgan fingerprint density at radius 1 is 1.36 bits per heavy atom. The van der Waals surface area contributed by atoms with E-state index in [1.54, 1.807) is 0 Å². The van der Waals surface area contributed by atoms with Gasteiger partial charge in [-0.05, 0) is 31.7 Å². The van der Waals surface area contributed by atoms with Crippen LogP contribution in [0.15, 0.2) is 6.07 Å². The highest BCUT2D eigenvalue weighted by Crippen LogP contribution is 2.18. The van der Waals surface area contributed by atoms with E-state index in [1.165, 1.54) is 25.0 Å². The van der Waals surface area contributed by atoms with E-state index in [9.17, 15) is 4.79 Å². The monoisotopic (exact) mass is 307 g/mol. The first-order valence-electron chi connectivity index (χ1n) is 8.32. The molecule has 2 aliphatic rings. The van der Waals surface area contributed by atoms with Gasteiger partial charge in [-0.25, -0.2) is 0 Å². The third-order valence-corrected chi connectivity index (χ3v) is 4.47. The maximum absolute atomic E-state index is 10.7. The van der Waals surface area contributed by atoms with Gasteiger partial charge in [0.1, 0.15) is 0 Å². The fourth-order valence-electron chi connectivity index (χ4n) is 3.34. The maximum Gasteiger partial charge on any atom is 0.303 e. The standard InChI is InChI=1S/C16H25N3O3/c20-16(21)6-5-13-10-14-11-18(7-3-8-19(14)17-13)12-15-4-1-2-9-22-15/h10,15H,1-9,11-12H2,(H,20,21). The van der Waals surface area contributed by atoms with Crippen molar-refractivity contribution < 1.29 is 14.6 Å². The highest BCUT2D eigenvalue weighted by molar-refractivity contribution is 5.66. The summed E-state index contributed by atoms with van der Waals surface area (Å²) in [6.07, 6.45) is 5.75. The van der Waals surface area contributed by atoms with Gasteiger partial charge in [-0.1, -0.05) is 0 Å². The lowest BCUT2D eigenvalue weighted by Gasteiger charge is -2.28. The number of aromatic nitrogens is 2. The Kier molecular flexibility index (Phi) is 5.10. The highest BCUT2D eigenvalue weighted by atomic mass is 16.5. The molecule has 1 saturated heterocycles. The van der Waals surface area contributed by atoms with Gasteiger partial charge in [0.25, 0.3) is 0 Å². The number of rotatable bonds is 5. The molecular formula is C16H25N3O3. The summed E-state index contributed by atoms with van der Waals surface area (Å²) in [5, 5.41) is 13.3. The van der Waals surface area contributed by atoms with Crippen LogP contribution >= 0.6 is 0 Å². The van der Waals surface area contributed by atoms with Crippen LogP contribution < -0.4 is 0 Å². The second kappa shape index (κ2) is 7.24. The van der Waals surface area contributed by atoms with Crippen molar-refractivity contribution in [2.45, 2.75) is 57.7 Å². The molecule has 6 nitrogen and oxygen atoms in total. The fraction of sp³-hybridized carbons (Fsp3) is 0.750. The van der Waals surface area contributed by atoms with E-state index in [4.69, 9.17) is 9.84 Å². The largest absolute Gasteiger partial charge is 0.481 e. The third kappa shape index (κ3) is 4.08. The van der Waals surface area contributed by atoms with E-state index in [0.29, 0.717) is 12.5 Å². The first-order chi connectivity index (χ1) is 10.7. The summed E-state index contributed by atoms with van der Waals surface area (Å²) in [6, 6.07) is 2.07. The summed E-state index contributed by atoms with van der Waals surface area (Å²) < 4.78 is 7.90. The molecular weight excluding hydrogens is 282 g/mol. The van der Waals surface area contributed by atoms with Gasteiger partial charge in [0.2, 0.25) is 0 Å². The van der Waals surface area contributed by atoms with Crippen molar-refractivity contribution >= 4 is 5.97 Å². The predicted octanol–water partition coefficient (Wildman–Crippen LogP) is 1.68. The van der Waals surface area contributed by atoms with Gasteiger partial charge in [0, 0.05) is 39.2 Å². The molecule has 22 heavy (non-hydrogen) atoms. The Balaban J connectivity index is 1.60. The first-order valence-corrected chi connectivity index (χ1v) is 8.32. The van der Waals surface area contributed by atoms with Crippen molar-refractivity contribution in [3.05, 3.63) is 17.5 Å². The Hall–Kier alpha value is -1.40. The van der Waals surface area contributed by atoms with Crippen LogP contribution in [0.25, 0.3) is 0 Å². The van der Waals surface area contributed by atoms with Gasteiger partial charge in [0.15, 0.2) is 0 Å². The summed E-state index contributed by atoms with van der Waals surface area (Å²) in [7, 11) is 0. The van der Waals surface area contributed by atoms with E-state index in [1.807, 2.05) is 0 Å². The lowest BCUT2D eigenvalue weighted by atomic mass is 10.1. The zero-order valence-corrected chi connectivity index (χ0v) is 13.0. The van der Waals surface area contributed by atoms with Crippen LogP contribution in [0.4, 0.5) is 0 Å². The number of hydrogen-bond donors (Lipinski definition) is 1. The molecule has 0 aliphatic carbocycles. The fourth-order valence-corrected chi connectivity index (χ4v) is 3.34. The second-order valence-electron chi connectivity index (χ2n) is 6.32. The van der Waals surface area contributed by atoms with Crippen LogP contribution in [-0.4, -0.2) is 51.6 Å². The van der Waals surface area contributed by atoms with Crippen LogP contribution in [0, 0.1) is 0 Å². The molecule has 0 spiro atoms. The number of aryl methyl sites for hydroxylation is 2. The summed E-state index contributed by atoms with van der Waals surface area (Å²) in [5.74, 6) is -0.765. The number of hydrogen-bond acceptors (Lipinski definition) is 4. The van der Waals surface area contributed by atoms with Gasteiger partial charge >= 0.3 is 5.97 Å². The quantitative estimate of drug-likeness (QED) is 0.896. The number of ether oxygens (including phenoxy) is 1. The maximum atomic E-state index is 10.7. The predicted molar refractivity (Wildman–Crippen MR) is 81.7 cm³/mol. The molecule has 0 bridgehead atoms. The topological polar surface area (TPSA) is 67.6 Å². The molecule has 1 atom stereocenters. The minimum Gasteiger partial charge on any atom is -0.481 e. The normalized spacial score (nSPS) is 23.0. The van der Waals surface area contributed by atoms with Gasteiger partial charge in [-0.2, -0.15) is 5.10 Å². The molecule has 0 radical (unpaired) electrons. The molecule has 3 rings (SSSR count). The Labute approximate surface area is 131 Å². The van der Waals surface area contributed by atoms with Gasteiger partial charge in [-0.3, -0.25) is 14.4 Å². The molecule has 1 N–H and O–H groups in total. The molecule has 1 aromatic heterocycles. The number of carboxylic acid groups (broad SMARTS) is 1. The second-order valence-corrected chi connectivity index (χ2v) is 6.32. The Morgan fingerprint density at radius 2 is 2.27 bits per heavy atom. The number of carbonyl (C=O) groups is 1. The smallest absolute Gasteiger partial charge is 0.303 e. The molecule has 1 fully saturated rings. The molecule has 6 heteroatoms. The number of nitrogens with zero attached hydrogens (tertiary/aromatic N) is 3. The number of carboxylic acids is 1. The summed E-state index contributed by atoms with van der Waals surface area (Å²) in [6.45, 7) is 4.78. The minimum atomic E-state index is -0.765. The summed E-state index contributed by atoms with van der Waals surface area (Å²) in [4.78, 5) is 13.1. The SMILES string of the molecule is O=C(O)CCc1cc2n(n1)CCCN(CC1CCCCO1)C2. The van der Waals surface area contributed by atoms with Gasteiger partial charge in [-0.15, -0.1) is 0 Å². The summed E-state index contributed by atoms with van der Waals surface area (Å²) in [5.41, 5.74) is 2.10. The van der Waals surface area contributed by atoms with Crippen LogP contribution in [0.2, 0.25) is 0 Å². The van der Waals surface area contributed by atoms with Crippen molar-refractivity contribution in [3.63, 3.8) is 0 Å². The molecule has 0 amide bonds. The van der Waals surface area contributed by atoms with Crippen LogP contribution in [0.1, 0.15) is 43.5 Å². The van der Waals surface area contributed by atoms with Crippen molar-refractivity contribution in [2.24, 2.45) is 0 Å². The zero-order chi connectivity index (χ0) is 15.4. The van der Waals surface area contributed by atoms with Gasteiger partial charge < -0.3 is 9.84 Å². The highest BCUT2D eigenvalue weighted by Gasteiger charge is 2.21. The number of aliphatic carboxylic acids is 1. The minimum absolute atomic E-state index is 0.149. The third-order valence-electron chi connectivity index (χ3n) is 4.47. The van der Waals surface area contributed by atoms with E-state index in [0.717, 1.165) is 44.9 Å². The average Bonchev–Trinajstić information content (AvgIpc) is 2.79. The van der Waals surface area contributed by atoms with E-state index in [2.05, 4.69) is 20.7 Å².